The highest BCUT2D eigenvalue weighted by Gasteiger charge is 2.51. The largest absolute Gasteiger partial charge is 0.310 e. The first-order valence-corrected chi connectivity index (χ1v) is 34.7. The Morgan fingerprint density at radius 2 is 0.470 bits per heavy atom. The number of benzene rings is 16. The molecule has 0 radical (unpaired) electrons. The number of fused-ring (bicyclic) bond motifs is 7. The Balaban J connectivity index is 1.04. The van der Waals surface area contributed by atoms with E-state index < -0.39 is 5.41 Å². The molecule has 0 amide bonds. The summed E-state index contributed by atoms with van der Waals surface area (Å²) in [5.41, 5.74) is 35.1. The van der Waals surface area contributed by atoms with Crippen molar-refractivity contribution < 1.29 is 0 Å². The van der Waals surface area contributed by atoms with Crippen molar-refractivity contribution in [2.45, 2.75) is 5.41 Å². The third-order valence-corrected chi connectivity index (χ3v) is 21.1. The quantitative estimate of drug-likeness (QED) is 0.113. The number of hydrogen-bond acceptors (Lipinski definition) is 2. The highest BCUT2D eigenvalue weighted by atomic mass is 15.2. The summed E-state index contributed by atoms with van der Waals surface area (Å²) in [6.07, 6.45) is 0. The molecule has 0 N–H and O–H groups in total. The van der Waals surface area contributed by atoms with Crippen LogP contribution in [0.3, 0.4) is 0 Å². The predicted molar refractivity (Wildman–Crippen MR) is 421 cm³/mol. The smallest absolute Gasteiger partial charge is 0.252 e. The fourth-order valence-corrected chi connectivity index (χ4v) is 16.7. The molecule has 16 aromatic rings. The van der Waals surface area contributed by atoms with Gasteiger partial charge in [-0.2, -0.15) is 0 Å². The van der Waals surface area contributed by atoms with Gasteiger partial charge in [-0.3, -0.25) is 0 Å². The molecular formula is C97H65BN2. The highest BCUT2D eigenvalue weighted by Crippen LogP contribution is 2.60. The van der Waals surface area contributed by atoms with E-state index in [-0.39, 0.29) is 6.71 Å². The topological polar surface area (TPSA) is 6.48 Å². The molecule has 0 aromatic heterocycles. The molecule has 0 atom stereocenters. The maximum absolute atomic E-state index is 2.72. The van der Waals surface area contributed by atoms with Gasteiger partial charge in [0.05, 0.1) is 16.8 Å². The van der Waals surface area contributed by atoms with Gasteiger partial charge < -0.3 is 9.80 Å². The summed E-state index contributed by atoms with van der Waals surface area (Å²) in [5, 5.41) is 0. The van der Waals surface area contributed by atoms with Crippen LogP contribution in [0.15, 0.2) is 394 Å². The maximum Gasteiger partial charge on any atom is 0.252 e. The Morgan fingerprint density at radius 1 is 0.190 bits per heavy atom. The summed E-state index contributed by atoms with van der Waals surface area (Å²) in [7, 11) is 0. The first-order valence-electron chi connectivity index (χ1n) is 34.7. The maximum atomic E-state index is 2.72. The van der Waals surface area contributed by atoms with Gasteiger partial charge in [0.15, 0.2) is 0 Å². The van der Waals surface area contributed by atoms with Crippen LogP contribution in [0.25, 0.3) is 100 Å². The Morgan fingerprint density at radius 3 is 0.800 bits per heavy atom. The second-order valence-electron chi connectivity index (χ2n) is 26.6. The molecule has 0 saturated heterocycles. The molecule has 0 saturated carbocycles. The summed E-state index contributed by atoms with van der Waals surface area (Å²) in [6, 6.07) is 148. The third kappa shape index (κ3) is 9.57. The van der Waals surface area contributed by atoms with Crippen LogP contribution < -0.4 is 26.2 Å². The minimum absolute atomic E-state index is 0.285. The monoisotopic (exact) mass is 1270 g/mol. The van der Waals surface area contributed by atoms with Crippen LogP contribution in [-0.4, -0.2) is 6.71 Å². The van der Waals surface area contributed by atoms with Crippen LogP contribution in [0.2, 0.25) is 0 Å². The molecule has 16 aromatic carbocycles. The van der Waals surface area contributed by atoms with E-state index in [1.165, 1.54) is 49.8 Å². The van der Waals surface area contributed by atoms with E-state index in [1.54, 1.807) is 0 Å². The molecule has 0 unspecified atom stereocenters. The molecule has 0 bridgehead atoms. The van der Waals surface area contributed by atoms with E-state index in [1.807, 2.05) is 0 Å². The van der Waals surface area contributed by atoms with Gasteiger partial charge in [0.2, 0.25) is 0 Å². The van der Waals surface area contributed by atoms with Crippen molar-refractivity contribution in [3.8, 4) is 100 Å². The summed E-state index contributed by atoms with van der Waals surface area (Å²) >= 11 is 0. The highest BCUT2D eigenvalue weighted by molar-refractivity contribution is 7.00. The lowest BCUT2D eigenvalue weighted by Gasteiger charge is -2.47. The Hall–Kier alpha value is -12.8. The van der Waals surface area contributed by atoms with Gasteiger partial charge >= 0.3 is 0 Å². The van der Waals surface area contributed by atoms with Crippen LogP contribution in [-0.2, 0) is 5.41 Å². The van der Waals surface area contributed by atoms with Crippen molar-refractivity contribution in [3.05, 3.63) is 417 Å². The fourth-order valence-electron chi connectivity index (χ4n) is 16.7. The normalized spacial score (nSPS) is 12.8. The molecule has 100 heavy (non-hydrogen) atoms. The second kappa shape index (κ2) is 24.4. The Labute approximate surface area is 585 Å². The van der Waals surface area contributed by atoms with Crippen LogP contribution in [0.1, 0.15) is 22.3 Å². The summed E-state index contributed by atoms with van der Waals surface area (Å²) < 4.78 is 0. The lowest BCUT2D eigenvalue weighted by Crippen LogP contribution is -2.61. The average molecular weight is 1270 g/mol. The Kier molecular flexibility index (Phi) is 14.3. The van der Waals surface area contributed by atoms with Crippen molar-refractivity contribution in [1.29, 1.82) is 0 Å². The fraction of sp³-hybridized carbons (Fsp3) is 0.0103. The van der Waals surface area contributed by atoms with E-state index >= 15 is 0 Å². The minimum atomic E-state index is -0.814. The number of nitrogens with zero attached hydrogens (tertiary/aromatic N) is 2. The zero-order chi connectivity index (χ0) is 66.1. The minimum Gasteiger partial charge on any atom is -0.310 e. The van der Waals surface area contributed by atoms with E-state index in [2.05, 4.69) is 404 Å². The molecule has 466 valence electrons. The standard InChI is InChI=1S/C97H65BN2/c1-10-32-66(33-11-1)74-54-56-90-88(62-74)98-89-63-75(67-34-12-2-13-35-67)55-57-91(89)100(96-84(72-44-22-7-23-45-72)60-77(69-38-16-4-17-39-69)61-85(96)73-46-24-8-25-47-73)93-65-79(97(78-48-26-9-27-49-78)86-52-30-28-50-80(86)81-51-29-31-53-87(81)97)64-92(94(93)98)99(90)95-82(70-40-18-5-19-41-70)58-76(68-36-14-3-15-37-68)59-83(95)71-42-20-6-21-43-71/h1-65H. The van der Waals surface area contributed by atoms with Gasteiger partial charge in [0.1, 0.15) is 0 Å². The molecule has 3 heteroatoms. The van der Waals surface area contributed by atoms with Crippen molar-refractivity contribution in [3.63, 3.8) is 0 Å². The van der Waals surface area contributed by atoms with Gasteiger partial charge in [0.25, 0.3) is 6.71 Å². The molecule has 19 rings (SSSR count). The van der Waals surface area contributed by atoms with Gasteiger partial charge in [-0.25, -0.2) is 0 Å². The summed E-state index contributed by atoms with van der Waals surface area (Å²) in [4.78, 5) is 5.43. The van der Waals surface area contributed by atoms with E-state index in [9.17, 15) is 0 Å². The van der Waals surface area contributed by atoms with Crippen LogP contribution in [0.5, 0.6) is 0 Å². The third-order valence-electron chi connectivity index (χ3n) is 21.1. The SMILES string of the molecule is c1ccc(-c2ccc3c(c2)B2c4cc(-c5ccccc5)ccc4N(c4c(-c5ccccc5)cc(-c5ccccc5)cc4-c4ccccc4)c4cc(C5(c6ccccc6)c6ccccc6-c6ccccc65)cc(c42)N3c2c(-c3ccccc3)cc(-c3ccccc3)cc2-c2ccccc2)cc1. The van der Waals surface area contributed by atoms with Crippen molar-refractivity contribution in [1.82, 2.24) is 0 Å². The molecular weight excluding hydrogens is 1200 g/mol. The van der Waals surface area contributed by atoms with Crippen molar-refractivity contribution in [2.75, 3.05) is 9.80 Å². The average Bonchev–Trinajstić information content (AvgIpc) is 1.11. The zero-order valence-electron chi connectivity index (χ0n) is 55.0. The van der Waals surface area contributed by atoms with E-state index in [0.29, 0.717) is 0 Å². The van der Waals surface area contributed by atoms with Gasteiger partial charge in [-0.15, -0.1) is 0 Å². The van der Waals surface area contributed by atoms with Crippen molar-refractivity contribution in [2.24, 2.45) is 0 Å². The van der Waals surface area contributed by atoms with Gasteiger partial charge in [0, 0.05) is 45.0 Å². The second-order valence-corrected chi connectivity index (χ2v) is 26.6. The molecule has 0 spiro atoms. The molecule has 2 aliphatic heterocycles. The van der Waals surface area contributed by atoms with Crippen LogP contribution >= 0.6 is 0 Å². The van der Waals surface area contributed by atoms with E-state index in [4.69, 9.17) is 0 Å². The van der Waals surface area contributed by atoms with E-state index in [0.717, 1.165) is 123 Å². The lowest BCUT2D eigenvalue weighted by atomic mass is 9.33. The van der Waals surface area contributed by atoms with Crippen molar-refractivity contribution >= 4 is 57.2 Å². The molecule has 2 heterocycles. The molecule has 1 aliphatic carbocycles. The predicted octanol–water partition coefficient (Wildman–Crippen LogP) is 23.5. The molecule has 2 nitrogen and oxygen atoms in total. The first-order chi connectivity index (χ1) is 49.6. The first kappa shape index (κ1) is 58.5. The van der Waals surface area contributed by atoms with Gasteiger partial charge in [-0.1, -0.05) is 346 Å². The summed E-state index contributed by atoms with van der Waals surface area (Å²) in [6.45, 7) is -0.285. The van der Waals surface area contributed by atoms with Crippen LogP contribution in [0.4, 0.5) is 34.1 Å². The zero-order valence-corrected chi connectivity index (χ0v) is 55.0. The molecule has 3 aliphatic rings. The number of hydrogen-bond donors (Lipinski definition) is 0. The molecule has 0 fully saturated rings. The summed E-state index contributed by atoms with van der Waals surface area (Å²) in [5.74, 6) is 0. The number of rotatable bonds is 12. The lowest BCUT2D eigenvalue weighted by molar-refractivity contribution is 0.768. The van der Waals surface area contributed by atoms with Crippen LogP contribution in [0, 0.1) is 0 Å². The Bertz CT molecular complexity index is 5300. The van der Waals surface area contributed by atoms with Gasteiger partial charge in [-0.05, 0) is 165 Å². The number of anilines is 6.